The summed E-state index contributed by atoms with van der Waals surface area (Å²) >= 11 is 0. The van der Waals surface area contributed by atoms with E-state index in [4.69, 9.17) is 5.73 Å². The molecule has 0 spiro atoms. The molecule has 2 N–H and O–H groups in total. The van der Waals surface area contributed by atoms with Gasteiger partial charge in [-0.1, -0.05) is 34.6 Å². The molecule has 0 fully saturated rings. The van der Waals surface area contributed by atoms with Crippen LogP contribution in [0.1, 0.15) is 53.9 Å². The van der Waals surface area contributed by atoms with Crippen LogP contribution in [0.25, 0.3) is 0 Å². The molecule has 1 amide bonds. The van der Waals surface area contributed by atoms with Gasteiger partial charge in [0.2, 0.25) is 5.91 Å². The third-order valence-electron chi connectivity index (χ3n) is 3.44. The van der Waals surface area contributed by atoms with Crippen molar-refractivity contribution in [3.8, 4) is 0 Å². The highest BCUT2D eigenvalue weighted by atomic mass is 16.2. The molecular weight excluding hydrogens is 260 g/mol. The minimum absolute atomic E-state index is 0.207. The van der Waals surface area contributed by atoms with Crippen LogP contribution in [0.15, 0.2) is 24.3 Å². The van der Waals surface area contributed by atoms with Crippen LogP contribution in [0.4, 0.5) is 11.4 Å². The molecule has 1 atom stereocenters. The van der Waals surface area contributed by atoms with Crippen molar-refractivity contribution < 1.29 is 4.79 Å². The number of hydrogen-bond donors (Lipinski definition) is 1. The second kappa shape index (κ2) is 7.48. The van der Waals surface area contributed by atoms with E-state index in [-0.39, 0.29) is 11.3 Å². The van der Waals surface area contributed by atoms with Crippen molar-refractivity contribution in [3.63, 3.8) is 0 Å². The summed E-state index contributed by atoms with van der Waals surface area (Å²) in [6.45, 7) is 11.7. The molecule has 0 aromatic heterocycles. The van der Waals surface area contributed by atoms with Crippen LogP contribution in [-0.2, 0) is 4.79 Å². The van der Waals surface area contributed by atoms with Gasteiger partial charge in [-0.25, -0.2) is 0 Å². The van der Waals surface area contributed by atoms with E-state index in [1.807, 2.05) is 29.2 Å². The van der Waals surface area contributed by atoms with Crippen molar-refractivity contribution in [2.24, 2.45) is 11.3 Å². The maximum absolute atomic E-state index is 12.6. The number of benzene rings is 1. The Balaban J connectivity index is 2.76. The van der Waals surface area contributed by atoms with Gasteiger partial charge >= 0.3 is 0 Å². The molecule has 1 aromatic carbocycles. The summed E-state index contributed by atoms with van der Waals surface area (Å²) in [5, 5.41) is 0. The average Bonchev–Trinajstić information content (AvgIpc) is 2.34. The molecule has 1 rings (SSSR count). The lowest BCUT2D eigenvalue weighted by Gasteiger charge is -2.27. The van der Waals surface area contributed by atoms with E-state index >= 15 is 0 Å². The number of amides is 1. The van der Waals surface area contributed by atoms with Crippen molar-refractivity contribution in [2.45, 2.75) is 53.9 Å². The van der Waals surface area contributed by atoms with E-state index in [2.05, 4.69) is 34.6 Å². The summed E-state index contributed by atoms with van der Waals surface area (Å²) < 4.78 is 0. The van der Waals surface area contributed by atoms with Gasteiger partial charge in [-0.3, -0.25) is 4.79 Å². The third-order valence-corrected chi connectivity index (χ3v) is 3.44. The lowest BCUT2D eigenvalue weighted by molar-refractivity contribution is -0.119. The van der Waals surface area contributed by atoms with Crippen molar-refractivity contribution in [3.05, 3.63) is 24.3 Å². The Morgan fingerprint density at radius 2 is 1.81 bits per heavy atom. The second-order valence-electron chi connectivity index (χ2n) is 7.21. The maximum Gasteiger partial charge on any atom is 0.227 e. The minimum atomic E-state index is 0.207. The van der Waals surface area contributed by atoms with Crippen molar-refractivity contribution in [1.82, 2.24) is 0 Å². The first kappa shape index (κ1) is 17.5. The van der Waals surface area contributed by atoms with Crippen molar-refractivity contribution in [1.29, 1.82) is 0 Å². The van der Waals surface area contributed by atoms with E-state index in [1.54, 1.807) is 0 Å². The van der Waals surface area contributed by atoms with Gasteiger partial charge in [0.25, 0.3) is 0 Å². The second-order valence-corrected chi connectivity index (χ2v) is 7.21. The fourth-order valence-electron chi connectivity index (χ4n) is 2.80. The summed E-state index contributed by atoms with van der Waals surface area (Å²) in [6.07, 6.45) is 2.60. The number of hydrogen-bond acceptors (Lipinski definition) is 2. The molecule has 0 aliphatic carbocycles. The van der Waals surface area contributed by atoms with Crippen LogP contribution in [0, 0.1) is 11.3 Å². The quantitative estimate of drug-likeness (QED) is 0.785. The normalized spacial score (nSPS) is 13.0. The van der Waals surface area contributed by atoms with Crippen LogP contribution in [-0.4, -0.2) is 12.5 Å². The first-order chi connectivity index (χ1) is 9.73. The predicted octanol–water partition coefficient (Wildman–Crippen LogP) is 4.47. The van der Waals surface area contributed by atoms with Gasteiger partial charge in [-0.2, -0.15) is 0 Å². The molecule has 1 aromatic rings. The fraction of sp³-hybridized carbons (Fsp3) is 0.611. The summed E-state index contributed by atoms with van der Waals surface area (Å²) in [7, 11) is 0. The summed E-state index contributed by atoms with van der Waals surface area (Å²) in [4.78, 5) is 14.5. The Morgan fingerprint density at radius 3 is 2.29 bits per heavy atom. The molecule has 3 heteroatoms. The first-order valence-corrected chi connectivity index (χ1v) is 7.89. The summed E-state index contributed by atoms with van der Waals surface area (Å²) in [5.74, 6) is 0.601. The number of rotatable bonds is 6. The summed E-state index contributed by atoms with van der Waals surface area (Å²) in [5.41, 5.74) is 7.65. The van der Waals surface area contributed by atoms with Gasteiger partial charge in [0.15, 0.2) is 0 Å². The molecule has 0 aliphatic rings. The number of nitrogens with two attached hydrogens (primary N) is 1. The lowest BCUT2D eigenvalue weighted by atomic mass is 9.84. The zero-order valence-corrected chi connectivity index (χ0v) is 14.1. The molecule has 118 valence electrons. The van der Waals surface area contributed by atoms with Gasteiger partial charge in [-0.05, 0) is 48.4 Å². The Labute approximate surface area is 129 Å². The Hall–Kier alpha value is -1.51. The molecule has 1 unspecified atom stereocenters. The van der Waals surface area contributed by atoms with Crippen LogP contribution in [0.5, 0.6) is 0 Å². The molecule has 0 bridgehead atoms. The predicted molar refractivity (Wildman–Crippen MR) is 91.4 cm³/mol. The smallest absolute Gasteiger partial charge is 0.227 e. The molecule has 0 heterocycles. The number of anilines is 2. The Kier molecular flexibility index (Phi) is 6.25. The van der Waals surface area contributed by atoms with Gasteiger partial charge in [0.05, 0.1) is 0 Å². The topological polar surface area (TPSA) is 46.3 Å². The lowest BCUT2D eigenvalue weighted by Crippen LogP contribution is -2.33. The van der Waals surface area contributed by atoms with Gasteiger partial charge in [-0.15, -0.1) is 0 Å². The highest BCUT2D eigenvalue weighted by molar-refractivity contribution is 5.93. The maximum atomic E-state index is 12.6. The number of nitrogen functional groups attached to an aromatic ring is 1. The molecule has 21 heavy (non-hydrogen) atoms. The fourth-order valence-corrected chi connectivity index (χ4v) is 2.80. The van der Waals surface area contributed by atoms with Crippen LogP contribution in [0.3, 0.4) is 0 Å². The summed E-state index contributed by atoms with van der Waals surface area (Å²) in [6, 6.07) is 7.56. The van der Waals surface area contributed by atoms with E-state index in [0.717, 1.165) is 30.8 Å². The van der Waals surface area contributed by atoms with E-state index < -0.39 is 0 Å². The zero-order chi connectivity index (χ0) is 16.0. The highest BCUT2D eigenvalue weighted by Gasteiger charge is 2.21. The molecular formula is C18H30N2O. The van der Waals surface area contributed by atoms with Crippen LogP contribution < -0.4 is 10.6 Å². The van der Waals surface area contributed by atoms with Gasteiger partial charge in [0, 0.05) is 24.3 Å². The van der Waals surface area contributed by atoms with Crippen LogP contribution >= 0.6 is 0 Å². The Bertz CT molecular complexity index is 445. The number of nitrogens with zero attached hydrogens (tertiary/aromatic N) is 1. The Morgan fingerprint density at radius 1 is 1.24 bits per heavy atom. The van der Waals surface area contributed by atoms with Gasteiger partial charge < -0.3 is 10.6 Å². The molecule has 0 saturated heterocycles. The van der Waals surface area contributed by atoms with Crippen molar-refractivity contribution in [2.75, 3.05) is 17.2 Å². The molecule has 0 radical (unpaired) electrons. The zero-order valence-electron chi connectivity index (χ0n) is 14.1. The monoisotopic (exact) mass is 290 g/mol. The largest absolute Gasteiger partial charge is 0.399 e. The van der Waals surface area contributed by atoms with Crippen LogP contribution in [0.2, 0.25) is 0 Å². The molecule has 3 nitrogen and oxygen atoms in total. The average molecular weight is 290 g/mol. The van der Waals surface area contributed by atoms with E-state index in [0.29, 0.717) is 12.3 Å². The minimum Gasteiger partial charge on any atom is -0.399 e. The standard InChI is InChI=1S/C18H30N2O/c1-6-11-20(16-9-7-15(19)8-10-16)17(21)12-14(2)13-18(3,4)5/h7-10,14H,6,11-13,19H2,1-5H3. The highest BCUT2D eigenvalue weighted by Crippen LogP contribution is 2.27. The number of carbonyl (C=O) groups is 1. The van der Waals surface area contributed by atoms with Crippen molar-refractivity contribution >= 4 is 17.3 Å². The van der Waals surface area contributed by atoms with E-state index in [1.165, 1.54) is 0 Å². The van der Waals surface area contributed by atoms with E-state index in [9.17, 15) is 4.79 Å². The number of carbonyl (C=O) groups excluding carboxylic acids is 1. The molecule has 0 aliphatic heterocycles. The molecule has 0 saturated carbocycles. The third kappa shape index (κ3) is 6.19. The van der Waals surface area contributed by atoms with Gasteiger partial charge in [0.1, 0.15) is 0 Å². The first-order valence-electron chi connectivity index (χ1n) is 7.89. The SMILES string of the molecule is CCCN(C(=O)CC(C)CC(C)(C)C)c1ccc(N)cc1.